The van der Waals surface area contributed by atoms with E-state index in [1.54, 1.807) is 0 Å². The number of hydrogen-bond donors (Lipinski definition) is 2. The monoisotopic (exact) mass is 429 g/mol. The van der Waals surface area contributed by atoms with Crippen molar-refractivity contribution in [3.8, 4) is 5.75 Å². The molecular weight excluding hydrogens is 401 g/mol. The number of phenolic OH excluding ortho intramolecular Hbond substituents is 1. The van der Waals surface area contributed by atoms with Gasteiger partial charge in [-0.25, -0.2) is 4.99 Å². The third-order valence-corrected chi connectivity index (χ3v) is 4.96. The van der Waals surface area contributed by atoms with E-state index < -0.39 is 0 Å². The van der Waals surface area contributed by atoms with Crippen LogP contribution in [-0.4, -0.2) is 29.1 Å². The highest BCUT2D eigenvalue weighted by Crippen LogP contribution is 2.31. The number of rotatable bonds is 2. The summed E-state index contributed by atoms with van der Waals surface area (Å²) in [6.07, 6.45) is 9.59. The molecular formula is C18H28IN3O. The first kappa shape index (κ1) is 18.4. The van der Waals surface area contributed by atoms with Crippen LogP contribution < -0.4 is 5.73 Å². The van der Waals surface area contributed by atoms with E-state index >= 15 is 0 Å². The van der Waals surface area contributed by atoms with Crippen LogP contribution in [0.3, 0.4) is 0 Å². The zero-order valence-corrected chi connectivity index (χ0v) is 16.1. The molecule has 1 aliphatic carbocycles. The van der Waals surface area contributed by atoms with Gasteiger partial charge in [-0.05, 0) is 55.7 Å². The number of nitrogens with zero attached hydrogens (tertiary/aromatic N) is 2. The van der Waals surface area contributed by atoms with Gasteiger partial charge in [-0.1, -0.05) is 18.9 Å². The Morgan fingerprint density at radius 3 is 2.48 bits per heavy atom. The predicted octanol–water partition coefficient (Wildman–Crippen LogP) is 3.58. The zero-order chi connectivity index (χ0) is 15.4. The van der Waals surface area contributed by atoms with E-state index in [0.29, 0.717) is 18.3 Å². The number of hydrogen-bond acceptors (Lipinski definition) is 2. The number of nitrogens with two attached hydrogens (primary N) is 1. The molecule has 1 fully saturated rings. The molecule has 1 aromatic rings. The third kappa shape index (κ3) is 4.52. The van der Waals surface area contributed by atoms with E-state index in [2.05, 4.69) is 16.0 Å². The Labute approximate surface area is 156 Å². The molecule has 0 saturated carbocycles. The molecule has 0 spiro atoms. The number of likely N-dealkylation sites (tertiary alicyclic amines) is 1. The fraction of sp³-hybridized carbons (Fsp3) is 0.611. The summed E-state index contributed by atoms with van der Waals surface area (Å²) in [7, 11) is 0. The molecule has 5 heteroatoms. The Hall–Kier alpha value is -0.980. The van der Waals surface area contributed by atoms with Crippen molar-refractivity contribution in [3.63, 3.8) is 0 Å². The van der Waals surface area contributed by atoms with Gasteiger partial charge >= 0.3 is 0 Å². The first-order valence-corrected chi connectivity index (χ1v) is 8.63. The molecule has 0 atom stereocenters. The summed E-state index contributed by atoms with van der Waals surface area (Å²) < 4.78 is 0. The molecule has 128 valence electrons. The summed E-state index contributed by atoms with van der Waals surface area (Å²) in [5.41, 5.74) is 9.85. The lowest BCUT2D eigenvalue weighted by molar-refractivity contribution is 0.427. The average Bonchev–Trinajstić information content (AvgIpc) is 2.83. The van der Waals surface area contributed by atoms with Crippen LogP contribution in [-0.2, 0) is 19.4 Å². The van der Waals surface area contributed by atoms with Crippen molar-refractivity contribution in [1.82, 2.24) is 4.90 Å². The van der Waals surface area contributed by atoms with Crippen molar-refractivity contribution in [2.24, 2.45) is 10.7 Å². The number of halogens is 1. The van der Waals surface area contributed by atoms with E-state index in [9.17, 15) is 5.11 Å². The minimum Gasteiger partial charge on any atom is -0.508 e. The second-order valence-corrected chi connectivity index (χ2v) is 6.48. The largest absolute Gasteiger partial charge is 0.508 e. The zero-order valence-electron chi connectivity index (χ0n) is 13.8. The average molecular weight is 429 g/mol. The van der Waals surface area contributed by atoms with Gasteiger partial charge in [-0.3, -0.25) is 0 Å². The fourth-order valence-corrected chi connectivity index (χ4v) is 3.63. The lowest BCUT2D eigenvalue weighted by Crippen LogP contribution is -2.38. The van der Waals surface area contributed by atoms with Gasteiger partial charge in [0.1, 0.15) is 5.75 Å². The molecule has 2 aliphatic rings. The van der Waals surface area contributed by atoms with Gasteiger partial charge < -0.3 is 15.7 Å². The molecule has 0 aromatic heterocycles. The molecule has 1 heterocycles. The van der Waals surface area contributed by atoms with Gasteiger partial charge in [0.2, 0.25) is 0 Å². The van der Waals surface area contributed by atoms with Crippen LogP contribution >= 0.6 is 24.0 Å². The van der Waals surface area contributed by atoms with Gasteiger partial charge in [0.25, 0.3) is 0 Å². The molecule has 4 nitrogen and oxygen atoms in total. The number of aliphatic imine (C=N–C) groups is 1. The topological polar surface area (TPSA) is 61.9 Å². The molecule has 1 aliphatic heterocycles. The van der Waals surface area contributed by atoms with Crippen LogP contribution in [0.15, 0.2) is 17.1 Å². The van der Waals surface area contributed by atoms with Gasteiger partial charge in [0.05, 0.1) is 6.54 Å². The first-order valence-electron chi connectivity index (χ1n) is 8.63. The number of fused-ring (bicyclic) bond motifs is 1. The van der Waals surface area contributed by atoms with Gasteiger partial charge in [0, 0.05) is 18.7 Å². The van der Waals surface area contributed by atoms with Crippen LogP contribution in [0.5, 0.6) is 5.75 Å². The molecule has 1 aromatic carbocycles. The van der Waals surface area contributed by atoms with Crippen molar-refractivity contribution >= 4 is 29.9 Å². The van der Waals surface area contributed by atoms with Crippen molar-refractivity contribution in [2.75, 3.05) is 13.1 Å². The number of guanidine groups is 1. The summed E-state index contributed by atoms with van der Waals surface area (Å²) in [4.78, 5) is 6.78. The van der Waals surface area contributed by atoms with Crippen LogP contribution in [0.1, 0.15) is 55.2 Å². The number of phenols is 1. The summed E-state index contributed by atoms with van der Waals surface area (Å²) >= 11 is 0. The predicted molar refractivity (Wildman–Crippen MR) is 106 cm³/mol. The molecule has 0 bridgehead atoms. The van der Waals surface area contributed by atoms with Crippen molar-refractivity contribution in [1.29, 1.82) is 0 Å². The maximum atomic E-state index is 10.2. The SMILES string of the molecule is I.NC(=NCc1c(O)ccc2c1CCCC2)N1CCCCCC1. The van der Waals surface area contributed by atoms with Gasteiger partial charge in [-0.2, -0.15) is 0 Å². The highest BCUT2D eigenvalue weighted by Gasteiger charge is 2.17. The van der Waals surface area contributed by atoms with Gasteiger partial charge in [0.15, 0.2) is 5.96 Å². The quantitative estimate of drug-likeness (QED) is 0.429. The van der Waals surface area contributed by atoms with Crippen molar-refractivity contribution in [2.45, 2.75) is 57.9 Å². The lowest BCUT2D eigenvalue weighted by Gasteiger charge is -2.22. The number of aryl methyl sites for hydroxylation is 1. The summed E-state index contributed by atoms with van der Waals surface area (Å²) in [5, 5.41) is 10.2. The van der Waals surface area contributed by atoms with Crippen LogP contribution in [0.4, 0.5) is 0 Å². The molecule has 23 heavy (non-hydrogen) atoms. The van der Waals surface area contributed by atoms with Crippen LogP contribution in [0.25, 0.3) is 0 Å². The molecule has 0 amide bonds. The van der Waals surface area contributed by atoms with E-state index in [4.69, 9.17) is 5.73 Å². The number of aromatic hydroxyl groups is 1. The van der Waals surface area contributed by atoms with E-state index in [1.165, 1.54) is 49.7 Å². The normalized spacial score (nSPS) is 18.8. The Morgan fingerprint density at radius 1 is 1.04 bits per heavy atom. The summed E-state index contributed by atoms with van der Waals surface area (Å²) in [6.45, 7) is 2.51. The lowest BCUT2D eigenvalue weighted by atomic mass is 9.88. The highest BCUT2D eigenvalue weighted by molar-refractivity contribution is 14.0. The minimum atomic E-state index is 0. The molecule has 3 N–H and O–H groups in total. The summed E-state index contributed by atoms with van der Waals surface area (Å²) in [5.74, 6) is 1.00. The molecule has 3 rings (SSSR count). The van der Waals surface area contributed by atoms with E-state index in [0.717, 1.165) is 31.5 Å². The second-order valence-electron chi connectivity index (χ2n) is 6.48. The van der Waals surface area contributed by atoms with Crippen LogP contribution in [0.2, 0.25) is 0 Å². The maximum Gasteiger partial charge on any atom is 0.191 e. The molecule has 0 unspecified atom stereocenters. The Kier molecular flexibility index (Phi) is 6.99. The first-order chi connectivity index (χ1) is 10.8. The third-order valence-electron chi connectivity index (χ3n) is 4.96. The highest BCUT2D eigenvalue weighted by atomic mass is 127. The van der Waals surface area contributed by atoms with Crippen molar-refractivity contribution < 1.29 is 5.11 Å². The van der Waals surface area contributed by atoms with Crippen LogP contribution in [0, 0.1) is 0 Å². The summed E-state index contributed by atoms with van der Waals surface area (Å²) in [6, 6.07) is 3.88. The maximum absolute atomic E-state index is 10.2. The molecule has 0 radical (unpaired) electrons. The number of benzene rings is 1. The minimum absolute atomic E-state index is 0. The smallest absolute Gasteiger partial charge is 0.191 e. The van der Waals surface area contributed by atoms with E-state index in [-0.39, 0.29) is 24.0 Å². The molecule has 1 saturated heterocycles. The fourth-order valence-electron chi connectivity index (χ4n) is 3.63. The van der Waals surface area contributed by atoms with Crippen molar-refractivity contribution in [3.05, 3.63) is 28.8 Å². The Morgan fingerprint density at radius 2 is 1.74 bits per heavy atom. The van der Waals surface area contributed by atoms with Gasteiger partial charge in [-0.15, -0.1) is 24.0 Å². The van der Waals surface area contributed by atoms with E-state index in [1.807, 2.05) is 6.07 Å². The Balaban J connectivity index is 0.00000192. The Bertz CT molecular complexity index is 551. The second kappa shape index (κ2) is 8.76. The standard InChI is InChI=1S/C18H27N3O.HI/c19-18(21-11-5-1-2-6-12-21)20-13-16-15-8-4-3-7-14(15)9-10-17(16)22;/h9-10,22H,1-8,11-13H2,(H2,19,20);1H.